The molecule has 1 aromatic heterocycles. The van der Waals surface area contributed by atoms with Gasteiger partial charge in [-0.15, -0.1) is 11.3 Å². The number of thiophene rings is 1. The number of aryl methyl sites for hydroxylation is 1. The van der Waals surface area contributed by atoms with Crippen molar-refractivity contribution in [2.24, 2.45) is 22.9 Å². The van der Waals surface area contributed by atoms with Crippen molar-refractivity contribution >= 4 is 23.2 Å². The highest BCUT2D eigenvalue weighted by Gasteiger charge is 2.23. The van der Waals surface area contributed by atoms with Gasteiger partial charge in [-0.3, -0.25) is 9.59 Å². The second-order valence-corrected chi connectivity index (χ2v) is 8.79. The molecular weight excluding hydrogens is 400 g/mol. The van der Waals surface area contributed by atoms with E-state index < -0.39 is 12.1 Å². The predicted molar refractivity (Wildman–Crippen MR) is 124 cm³/mol. The van der Waals surface area contributed by atoms with Gasteiger partial charge in [-0.25, -0.2) is 0 Å². The molecule has 0 saturated carbocycles. The smallest absolute Gasteiger partial charge is 0.242 e. The predicted octanol–water partition coefficient (Wildman–Crippen LogP) is 0.368. The van der Waals surface area contributed by atoms with Crippen molar-refractivity contribution in [3.8, 4) is 0 Å². The standard InChI is InChI=1S/C21H40N6O2S/c22-12-3-1-7-18(25)20(28)27-19(8-2-4-13-23)21(29)26-15-11-17-10-9-16(30-17)6-5-14-24/h9-10,18-19H,1-8,11-15,22-25H2,(H,26,29)(H,27,28)/t18-,19+/m0/s1. The third-order valence-corrected chi connectivity index (χ3v) is 6.11. The van der Waals surface area contributed by atoms with E-state index in [-0.39, 0.29) is 11.8 Å². The van der Waals surface area contributed by atoms with E-state index in [1.807, 2.05) is 0 Å². The zero-order chi connectivity index (χ0) is 22.2. The normalized spacial score (nSPS) is 13.1. The Morgan fingerprint density at radius 3 is 2.07 bits per heavy atom. The van der Waals surface area contributed by atoms with Crippen LogP contribution in [0.4, 0.5) is 0 Å². The van der Waals surface area contributed by atoms with E-state index in [1.165, 1.54) is 9.75 Å². The van der Waals surface area contributed by atoms with Crippen LogP contribution in [0.2, 0.25) is 0 Å². The molecule has 0 spiro atoms. The van der Waals surface area contributed by atoms with Crippen LogP contribution in [0.15, 0.2) is 12.1 Å². The van der Waals surface area contributed by atoms with Crippen LogP contribution >= 0.6 is 11.3 Å². The Bertz CT molecular complexity index is 610. The average Bonchev–Trinajstić information content (AvgIpc) is 3.19. The number of nitrogens with one attached hydrogen (secondary N) is 2. The lowest BCUT2D eigenvalue weighted by Crippen LogP contribution is -2.51. The summed E-state index contributed by atoms with van der Waals surface area (Å²) >= 11 is 1.76. The van der Waals surface area contributed by atoms with Crippen LogP contribution < -0.4 is 33.6 Å². The zero-order valence-electron chi connectivity index (χ0n) is 18.0. The monoisotopic (exact) mass is 440 g/mol. The van der Waals surface area contributed by atoms with E-state index in [9.17, 15) is 9.59 Å². The van der Waals surface area contributed by atoms with Gasteiger partial charge in [0.25, 0.3) is 0 Å². The first-order valence-electron chi connectivity index (χ1n) is 11.0. The van der Waals surface area contributed by atoms with Gasteiger partial charge >= 0.3 is 0 Å². The summed E-state index contributed by atoms with van der Waals surface area (Å²) in [4.78, 5) is 27.6. The van der Waals surface area contributed by atoms with Gasteiger partial charge in [0, 0.05) is 16.3 Å². The summed E-state index contributed by atoms with van der Waals surface area (Å²) in [5.74, 6) is -0.461. The largest absolute Gasteiger partial charge is 0.354 e. The summed E-state index contributed by atoms with van der Waals surface area (Å²) in [6.07, 6.45) is 7.05. The molecule has 30 heavy (non-hydrogen) atoms. The molecule has 0 fully saturated rings. The summed E-state index contributed by atoms with van der Waals surface area (Å²) < 4.78 is 0. The topological polar surface area (TPSA) is 162 Å². The molecule has 1 heterocycles. The molecule has 0 bridgehead atoms. The molecule has 1 rings (SSSR count). The number of hydrogen-bond acceptors (Lipinski definition) is 7. The molecule has 0 radical (unpaired) electrons. The molecule has 0 aliphatic rings. The molecule has 0 unspecified atom stereocenters. The SMILES string of the molecule is NCCCC[C@H](N)C(=O)N[C@H](CCCCN)C(=O)NCCc1ccc(CCCN)s1. The summed E-state index contributed by atoms with van der Waals surface area (Å²) in [5, 5.41) is 5.77. The maximum Gasteiger partial charge on any atom is 0.242 e. The molecule has 1 aromatic rings. The van der Waals surface area contributed by atoms with Gasteiger partial charge in [0.05, 0.1) is 6.04 Å². The van der Waals surface area contributed by atoms with E-state index in [1.54, 1.807) is 11.3 Å². The lowest BCUT2D eigenvalue weighted by molar-refractivity contribution is -0.129. The second-order valence-electron chi connectivity index (χ2n) is 7.54. The molecule has 0 aliphatic heterocycles. The summed E-state index contributed by atoms with van der Waals surface area (Å²) in [6.45, 7) is 2.36. The minimum Gasteiger partial charge on any atom is -0.354 e. The van der Waals surface area contributed by atoms with Crippen LogP contribution in [0.25, 0.3) is 0 Å². The number of rotatable bonds is 17. The lowest BCUT2D eigenvalue weighted by Gasteiger charge is -2.20. The lowest BCUT2D eigenvalue weighted by atomic mass is 10.1. The van der Waals surface area contributed by atoms with E-state index in [0.29, 0.717) is 39.0 Å². The fraction of sp³-hybridized carbons (Fsp3) is 0.714. The van der Waals surface area contributed by atoms with Gasteiger partial charge < -0.3 is 33.6 Å². The van der Waals surface area contributed by atoms with E-state index in [0.717, 1.165) is 44.9 Å². The molecule has 2 atom stereocenters. The van der Waals surface area contributed by atoms with Crippen molar-refractivity contribution in [1.82, 2.24) is 10.6 Å². The molecule has 2 amide bonds. The van der Waals surface area contributed by atoms with Gasteiger partial charge in [-0.1, -0.05) is 6.42 Å². The highest BCUT2D eigenvalue weighted by Crippen LogP contribution is 2.18. The molecule has 172 valence electrons. The maximum atomic E-state index is 12.7. The van der Waals surface area contributed by atoms with Gasteiger partial charge in [-0.05, 0) is 83.1 Å². The second kappa shape index (κ2) is 16.2. The Morgan fingerprint density at radius 2 is 1.43 bits per heavy atom. The van der Waals surface area contributed by atoms with Crippen molar-refractivity contribution < 1.29 is 9.59 Å². The van der Waals surface area contributed by atoms with Gasteiger partial charge in [-0.2, -0.15) is 0 Å². The number of nitrogens with two attached hydrogens (primary N) is 4. The maximum absolute atomic E-state index is 12.7. The number of carbonyl (C=O) groups excluding carboxylic acids is 2. The fourth-order valence-electron chi connectivity index (χ4n) is 3.08. The van der Waals surface area contributed by atoms with Crippen molar-refractivity contribution in [2.45, 2.75) is 69.9 Å². The van der Waals surface area contributed by atoms with Crippen LogP contribution in [-0.2, 0) is 22.4 Å². The number of carbonyl (C=O) groups is 2. The number of hydrogen-bond donors (Lipinski definition) is 6. The highest BCUT2D eigenvalue weighted by atomic mass is 32.1. The van der Waals surface area contributed by atoms with E-state index in [4.69, 9.17) is 22.9 Å². The Balaban J connectivity index is 2.50. The quantitative estimate of drug-likeness (QED) is 0.192. The van der Waals surface area contributed by atoms with Crippen LogP contribution in [0.5, 0.6) is 0 Å². The van der Waals surface area contributed by atoms with Gasteiger partial charge in [0.1, 0.15) is 6.04 Å². The molecular formula is C21H40N6O2S. The number of unbranched alkanes of at least 4 members (excludes halogenated alkanes) is 2. The summed E-state index contributed by atoms with van der Waals surface area (Å²) in [7, 11) is 0. The van der Waals surface area contributed by atoms with Crippen LogP contribution in [-0.4, -0.2) is 50.1 Å². The van der Waals surface area contributed by atoms with Crippen LogP contribution in [0.1, 0.15) is 54.7 Å². The molecule has 8 nitrogen and oxygen atoms in total. The fourth-order valence-corrected chi connectivity index (χ4v) is 4.14. The molecule has 10 N–H and O–H groups in total. The average molecular weight is 441 g/mol. The zero-order valence-corrected chi connectivity index (χ0v) is 18.9. The molecule has 0 saturated heterocycles. The first-order chi connectivity index (χ1) is 14.5. The minimum absolute atomic E-state index is 0.172. The Labute approximate surface area is 184 Å². The molecule has 0 aliphatic carbocycles. The first kappa shape index (κ1) is 26.5. The van der Waals surface area contributed by atoms with E-state index in [2.05, 4.69) is 22.8 Å². The van der Waals surface area contributed by atoms with E-state index >= 15 is 0 Å². The van der Waals surface area contributed by atoms with Crippen molar-refractivity contribution in [2.75, 3.05) is 26.2 Å². The minimum atomic E-state index is -0.626. The Hall–Kier alpha value is -1.52. The summed E-state index contributed by atoms with van der Waals surface area (Å²) in [6, 6.07) is 3.01. The molecule has 9 heteroatoms. The van der Waals surface area contributed by atoms with Crippen molar-refractivity contribution in [3.05, 3.63) is 21.9 Å². The third kappa shape index (κ3) is 11.0. The third-order valence-electron chi connectivity index (χ3n) is 4.90. The summed E-state index contributed by atoms with van der Waals surface area (Å²) in [5.41, 5.74) is 22.6. The Morgan fingerprint density at radius 1 is 0.833 bits per heavy atom. The van der Waals surface area contributed by atoms with Crippen molar-refractivity contribution in [3.63, 3.8) is 0 Å². The van der Waals surface area contributed by atoms with Crippen molar-refractivity contribution in [1.29, 1.82) is 0 Å². The highest BCUT2D eigenvalue weighted by molar-refractivity contribution is 7.11. The molecule has 0 aromatic carbocycles. The van der Waals surface area contributed by atoms with Gasteiger partial charge in [0.2, 0.25) is 11.8 Å². The van der Waals surface area contributed by atoms with Crippen LogP contribution in [0, 0.1) is 0 Å². The Kier molecular flexibility index (Phi) is 14.3. The van der Waals surface area contributed by atoms with Gasteiger partial charge in [0.15, 0.2) is 0 Å². The number of amides is 2. The van der Waals surface area contributed by atoms with Crippen LogP contribution in [0.3, 0.4) is 0 Å². The first-order valence-corrected chi connectivity index (χ1v) is 11.8.